The van der Waals surface area contributed by atoms with Crippen LogP contribution in [0.25, 0.3) is 44.5 Å². The van der Waals surface area contributed by atoms with Crippen LogP contribution in [0.15, 0.2) is 66.9 Å². The fourth-order valence-corrected chi connectivity index (χ4v) is 5.43. The number of imidazole rings is 2. The van der Waals surface area contributed by atoms with E-state index in [9.17, 15) is 9.59 Å². The molecule has 5 rings (SSSR count). The van der Waals surface area contributed by atoms with Crippen LogP contribution in [0.2, 0.25) is 0 Å². The maximum absolute atomic E-state index is 15.1. The Labute approximate surface area is 266 Å². The Hall–Kier alpha value is -4.90. The second-order valence-corrected chi connectivity index (χ2v) is 11.8. The molecule has 0 bridgehead atoms. The Morgan fingerprint density at radius 1 is 0.978 bits per heavy atom. The smallest absolute Gasteiger partial charge is 0.271 e. The number of benzene rings is 3. The molecular formula is C35H39F2N7O2. The number of alkyl halides is 2. The molecule has 11 heteroatoms. The normalized spacial score (nSPS) is 12.4. The summed E-state index contributed by atoms with van der Waals surface area (Å²) in [5.74, 6) is -2.12. The summed E-state index contributed by atoms with van der Waals surface area (Å²) in [6, 6.07) is 18.2. The number of fused-ring (bicyclic) bond motifs is 1. The number of nitrogens with zero attached hydrogens (tertiary/aromatic N) is 2. The van der Waals surface area contributed by atoms with Gasteiger partial charge in [0.25, 0.3) is 5.92 Å². The van der Waals surface area contributed by atoms with Crippen LogP contribution in [0, 0.1) is 5.92 Å². The van der Waals surface area contributed by atoms with Crippen LogP contribution in [-0.2, 0) is 22.1 Å². The van der Waals surface area contributed by atoms with Gasteiger partial charge in [-0.05, 0) is 59.3 Å². The van der Waals surface area contributed by atoms with Crippen LogP contribution < -0.4 is 16.0 Å². The fraction of sp³-hybridized carbons (Fsp3) is 0.314. The third kappa shape index (κ3) is 7.48. The van der Waals surface area contributed by atoms with Crippen LogP contribution in [0.5, 0.6) is 0 Å². The number of H-pyrrole nitrogens is 2. The van der Waals surface area contributed by atoms with E-state index in [-0.39, 0.29) is 23.9 Å². The molecule has 3 aromatic carbocycles. The molecular weight excluding hydrogens is 588 g/mol. The lowest BCUT2D eigenvalue weighted by Crippen LogP contribution is -2.38. The van der Waals surface area contributed by atoms with Crippen molar-refractivity contribution in [2.45, 2.75) is 52.6 Å². The highest BCUT2D eigenvalue weighted by molar-refractivity contribution is 5.83. The molecule has 0 saturated carbocycles. The quantitative estimate of drug-likeness (QED) is 0.0714. The zero-order valence-corrected chi connectivity index (χ0v) is 26.4. The first-order valence-electron chi connectivity index (χ1n) is 15.4. The van der Waals surface area contributed by atoms with Gasteiger partial charge in [0.1, 0.15) is 11.6 Å². The van der Waals surface area contributed by atoms with E-state index in [1.54, 1.807) is 18.3 Å². The summed E-state index contributed by atoms with van der Waals surface area (Å²) in [4.78, 5) is 38.4. The molecule has 0 aliphatic heterocycles. The number of halogens is 2. The number of hydrogen-bond acceptors (Lipinski definition) is 5. The molecule has 9 nitrogen and oxygen atoms in total. The Balaban J connectivity index is 1.39. The Bertz CT molecular complexity index is 1810. The van der Waals surface area contributed by atoms with Crippen molar-refractivity contribution >= 4 is 23.4 Å². The minimum Gasteiger partial charge on any atom is -0.350 e. The molecule has 240 valence electrons. The van der Waals surface area contributed by atoms with Gasteiger partial charge in [-0.1, -0.05) is 63.2 Å². The zero-order chi connectivity index (χ0) is 32.8. The molecule has 5 aromatic rings. The van der Waals surface area contributed by atoms with Gasteiger partial charge in [-0.25, -0.2) is 18.7 Å². The minimum atomic E-state index is -3.11. The van der Waals surface area contributed by atoms with E-state index >= 15 is 8.78 Å². The number of nitrogens with one attached hydrogen (secondary N) is 5. The highest BCUT2D eigenvalue weighted by atomic mass is 19.3. The van der Waals surface area contributed by atoms with Gasteiger partial charge in [-0.2, -0.15) is 0 Å². The third-order valence-corrected chi connectivity index (χ3v) is 7.80. The van der Waals surface area contributed by atoms with Crippen molar-refractivity contribution in [3.63, 3.8) is 0 Å². The van der Waals surface area contributed by atoms with Crippen molar-refractivity contribution < 1.29 is 18.4 Å². The summed E-state index contributed by atoms with van der Waals surface area (Å²) in [7, 11) is 0. The Morgan fingerprint density at radius 3 is 2.39 bits per heavy atom. The minimum absolute atomic E-state index is 0.0215. The summed E-state index contributed by atoms with van der Waals surface area (Å²) in [5, 5.41) is 8.54. The number of aromatic nitrogens is 4. The van der Waals surface area contributed by atoms with Crippen LogP contribution >= 0.6 is 0 Å². The van der Waals surface area contributed by atoms with Gasteiger partial charge in [-0.15, -0.1) is 0 Å². The zero-order valence-electron chi connectivity index (χ0n) is 26.4. The monoisotopic (exact) mass is 627 g/mol. The molecule has 0 spiro atoms. The van der Waals surface area contributed by atoms with E-state index in [2.05, 4.69) is 48.9 Å². The summed E-state index contributed by atoms with van der Waals surface area (Å²) < 4.78 is 30.1. The van der Waals surface area contributed by atoms with Gasteiger partial charge >= 0.3 is 0 Å². The molecule has 5 N–H and O–H groups in total. The molecule has 46 heavy (non-hydrogen) atoms. The fourth-order valence-electron chi connectivity index (χ4n) is 5.43. The summed E-state index contributed by atoms with van der Waals surface area (Å²) in [6.45, 7) is 8.31. The summed E-state index contributed by atoms with van der Waals surface area (Å²) in [6.07, 6.45) is 3.08. The van der Waals surface area contributed by atoms with Gasteiger partial charge in [0.05, 0.1) is 42.1 Å². The lowest BCUT2D eigenvalue weighted by Gasteiger charge is -2.20. The predicted octanol–water partition coefficient (Wildman–Crippen LogP) is 6.46. The van der Waals surface area contributed by atoms with Crippen LogP contribution in [0.3, 0.4) is 0 Å². The Morgan fingerprint density at radius 2 is 1.70 bits per heavy atom. The maximum atomic E-state index is 15.1. The number of amides is 2. The second-order valence-electron chi connectivity index (χ2n) is 11.8. The van der Waals surface area contributed by atoms with Crippen molar-refractivity contribution in [3.05, 3.63) is 84.1 Å². The molecule has 1 atom stereocenters. The van der Waals surface area contributed by atoms with E-state index < -0.39 is 12.0 Å². The standard InChI is InChI=1S/C35H39F2N7O2/c1-5-14-38-18-31-41-28-13-11-24(16-29(28)42-31)22-6-8-23(9-7-22)26-12-10-25(15-27(26)35(4,36)37)30-17-40-34(43-30)33(21(2)3)44-32(46)19-39-20-45/h6-13,15-17,20-21,33,38H,5,14,18-19H2,1-4H3,(H,39,45)(H,40,43)(H,41,42)(H,44,46). The van der Waals surface area contributed by atoms with E-state index in [1.807, 2.05) is 50.2 Å². The first kappa shape index (κ1) is 32.5. The van der Waals surface area contributed by atoms with Crippen molar-refractivity contribution in [2.75, 3.05) is 13.1 Å². The van der Waals surface area contributed by atoms with Gasteiger partial charge in [-0.3, -0.25) is 9.59 Å². The number of aromatic amines is 2. The first-order chi connectivity index (χ1) is 22.1. The van der Waals surface area contributed by atoms with E-state index in [0.717, 1.165) is 47.9 Å². The molecule has 2 aromatic heterocycles. The first-order valence-corrected chi connectivity index (χ1v) is 15.4. The average Bonchev–Trinajstić information content (AvgIpc) is 3.69. The molecule has 0 aliphatic rings. The molecule has 0 saturated heterocycles. The van der Waals surface area contributed by atoms with Crippen LogP contribution in [-0.4, -0.2) is 45.3 Å². The van der Waals surface area contributed by atoms with Crippen molar-refractivity contribution in [1.82, 2.24) is 35.9 Å². The largest absolute Gasteiger partial charge is 0.350 e. The molecule has 0 fully saturated rings. The highest BCUT2D eigenvalue weighted by Crippen LogP contribution is 2.39. The van der Waals surface area contributed by atoms with Crippen molar-refractivity contribution in [2.24, 2.45) is 5.92 Å². The number of carbonyl (C=O) groups is 2. The molecule has 2 heterocycles. The maximum Gasteiger partial charge on any atom is 0.271 e. The van der Waals surface area contributed by atoms with E-state index in [4.69, 9.17) is 0 Å². The average molecular weight is 628 g/mol. The van der Waals surface area contributed by atoms with E-state index in [1.165, 1.54) is 6.07 Å². The predicted molar refractivity (Wildman–Crippen MR) is 176 cm³/mol. The van der Waals surface area contributed by atoms with Crippen molar-refractivity contribution in [3.8, 4) is 33.5 Å². The topological polar surface area (TPSA) is 128 Å². The van der Waals surface area contributed by atoms with Gasteiger partial charge in [0.15, 0.2) is 0 Å². The highest BCUT2D eigenvalue weighted by Gasteiger charge is 2.29. The molecule has 1 unspecified atom stereocenters. The molecule has 0 aliphatic carbocycles. The lowest BCUT2D eigenvalue weighted by atomic mass is 9.92. The van der Waals surface area contributed by atoms with Crippen LogP contribution in [0.1, 0.15) is 57.4 Å². The number of rotatable bonds is 14. The second kappa shape index (κ2) is 14.0. The van der Waals surface area contributed by atoms with Crippen molar-refractivity contribution in [1.29, 1.82) is 0 Å². The molecule has 2 amide bonds. The summed E-state index contributed by atoms with van der Waals surface area (Å²) in [5.41, 5.74) is 5.90. The number of carbonyl (C=O) groups excluding carboxylic acids is 2. The lowest BCUT2D eigenvalue weighted by molar-refractivity contribution is -0.123. The van der Waals surface area contributed by atoms with Gasteiger partial charge in [0.2, 0.25) is 12.3 Å². The summed E-state index contributed by atoms with van der Waals surface area (Å²) >= 11 is 0. The Kier molecular flexibility index (Phi) is 9.91. The number of hydrogen-bond donors (Lipinski definition) is 5. The van der Waals surface area contributed by atoms with Gasteiger partial charge < -0.3 is 25.9 Å². The van der Waals surface area contributed by atoms with Gasteiger partial charge in [0, 0.05) is 18.1 Å². The third-order valence-electron chi connectivity index (χ3n) is 7.80. The van der Waals surface area contributed by atoms with E-state index in [0.29, 0.717) is 41.2 Å². The molecule has 0 radical (unpaired) electrons. The van der Waals surface area contributed by atoms with Crippen LogP contribution in [0.4, 0.5) is 8.78 Å². The SMILES string of the molecule is CCCNCc1nc2ccc(-c3ccc(-c4ccc(-c5cnc(C(NC(=O)CNC=O)C(C)C)[nH]5)cc4C(C)(F)F)cc3)cc2[nH]1.